The molecule has 0 amide bonds. The molecule has 2 N–H and O–H groups in total. The summed E-state index contributed by atoms with van der Waals surface area (Å²) in [7, 11) is 0. The van der Waals surface area contributed by atoms with Gasteiger partial charge in [0.25, 0.3) is 0 Å². The van der Waals surface area contributed by atoms with Crippen LogP contribution in [0.5, 0.6) is 0 Å². The van der Waals surface area contributed by atoms with Gasteiger partial charge in [0.15, 0.2) is 5.41 Å². The number of hydrogen-bond acceptors (Lipinski definition) is 2. The Hall–Kier alpha value is 0.200. The third-order valence-electron chi connectivity index (χ3n) is 3.42. The van der Waals surface area contributed by atoms with Gasteiger partial charge < -0.3 is 13.1 Å². The summed E-state index contributed by atoms with van der Waals surface area (Å²) in [6, 6.07) is 0. The Bertz CT molecular complexity index is 277. The van der Waals surface area contributed by atoms with E-state index in [1.807, 2.05) is 0 Å². The van der Waals surface area contributed by atoms with Gasteiger partial charge in [-0.3, -0.25) is 9.59 Å². The number of carboxylic acids is 2. The summed E-state index contributed by atoms with van der Waals surface area (Å²) in [5.41, 5.74) is -2.47. The maximum Gasteiger partial charge on any atom is 2.00 e. The van der Waals surface area contributed by atoms with Crippen molar-refractivity contribution in [2.24, 2.45) is 10.8 Å². The van der Waals surface area contributed by atoms with E-state index in [2.05, 4.69) is 6.92 Å². The van der Waals surface area contributed by atoms with E-state index in [0.29, 0.717) is 6.42 Å². The number of carbonyl (C=O) groups is 2. The number of carboxylic acid groups (broad SMARTS) is 2. The standard InChI is InChI=1S/C13H24O4.Ca.2H/c1-5-6-7-8-9-13(10(14)15,11(16)17)12(2,3)4;;;/h5-9H2,1-4H3,(H,14,15)(H,16,17);;;/q;+2;2*-1. The van der Waals surface area contributed by atoms with Gasteiger partial charge in [-0.2, -0.15) is 0 Å². The van der Waals surface area contributed by atoms with Gasteiger partial charge in [-0.05, 0) is 11.8 Å². The van der Waals surface area contributed by atoms with E-state index in [1.165, 1.54) is 0 Å². The van der Waals surface area contributed by atoms with Gasteiger partial charge in [-0.15, -0.1) is 0 Å². The summed E-state index contributed by atoms with van der Waals surface area (Å²) < 4.78 is 0. The monoisotopic (exact) mass is 286 g/mol. The molecule has 0 heterocycles. The van der Waals surface area contributed by atoms with Crippen molar-refractivity contribution in [2.75, 3.05) is 0 Å². The van der Waals surface area contributed by atoms with Crippen LogP contribution in [0.4, 0.5) is 0 Å². The van der Waals surface area contributed by atoms with Crippen LogP contribution in [0, 0.1) is 10.8 Å². The Morgan fingerprint density at radius 2 is 1.44 bits per heavy atom. The predicted molar refractivity (Wildman–Crippen MR) is 73.9 cm³/mol. The summed E-state index contributed by atoms with van der Waals surface area (Å²) in [6.07, 6.45) is 3.78. The summed E-state index contributed by atoms with van der Waals surface area (Å²) in [5.74, 6) is -2.46. The fraction of sp³-hybridized carbons (Fsp3) is 0.846. The van der Waals surface area contributed by atoms with Crippen molar-refractivity contribution in [3.05, 3.63) is 0 Å². The minimum Gasteiger partial charge on any atom is -1.00 e. The molecular weight excluding hydrogens is 260 g/mol. The van der Waals surface area contributed by atoms with Crippen LogP contribution in [-0.2, 0) is 9.59 Å². The molecule has 0 aromatic rings. The van der Waals surface area contributed by atoms with E-state index in [4.69, 9.17) is 0 Å². The smallest absolute Gasteiger partial charge is 1.00 e. The average molecular weight is 286 g/mol. The van der Waals surface area contributed by atoms with Gasteiger partial charge in [0, 0.05) is 0 Å². The van der Waals surface area contributed by atoms with Gasteiger partial charge in [-0.1, -0.05) is 53.4 Å². The molecule has 0 unspecified atom stereocenters. The van der Waals surface area contributed by atoms with E-state index in [-0.39, 0.29) is 47.0 Å². The average Bonchev–Trinajstić information content (AvgIpc) is 2.14. The van der Waals surface area contributed by atoms with E-state index in [0.717, 1.165) is 19.3 Å². The van der Waals surface area contributed by atoms with Gasteiger partial charge in [0.2, 0.25) is 0 Å². The molecule has 4 nitrogen and oxygen atoms in total. The Morgan fingerprint density at radius 1 is 1.00 bits per heavy atom. The van der Waals surface area contributed by atoms with Crippen LogP contribution in [0.1, 0.15) is 62.7 Å². The minimum absolute atomic E-state index is 0. The largest absolute Gasteiger partial charge is 2.00 e. The van der Waals surface area contributed by atoms with Crippen LogP contribution >= 0.6 is 0 Å². The molecule has 0 radical (unpaired) electrons. The third-order valence-corrected chi connectivity index (χ3v) is 3.42. The predicted octanol–water partition coefficient (Wildman–Crippen LogP) is 3.00. The fourth-order valence-electron chi connectivity index (χ4n) is 2.14. The topological polar surface area (TPSA) is 74.6 Å². The zero-order valence-electron chi connectivity index (χ0n) is 14.0. The SMILES string of the molecule is CCCCCCC(C(=O)O)(C(=O)O)C(C)(C)C.[Ca+2].[H-].[H-]. The van der Waals surface area contributed by atoms with Crippen LogP contribution < -0.4 is 0 Å². The molecule has 0 aliphatic heterocycles. The van der Waals surface area contributed by atoms with Crippen LogP contribution in [0.25, 0.3) is 0 Å². The van der Waals surface area contributed by atoms with Gasteiger partial charge in [-0.25, -0.2) is 0 Å². The number of aliphatic carboxylic acids is 2. The second-order valence-electron chi connectivity index (χ2n) is 5.58. The van der Waals surface area contributed by atoms with E-state index >= 15 is 0 Å². The van der Waals surface area contributed by atoms with Gasteiger partial charge in [0.05, 0.1) is 0 Å². The molecule has 0 saturated carbocycles. The molecule has 0 aromatic carbocycles. The maximum atomic E-state index is 11.4. The molecule has 0 fully saturated rings. The Kier molecular flexibility index (Phi) is 9.56. The van der Waals surface area contributed by atoms with Crippen molar-refractivity contribution < 1.29 is 22.7 Å². The summed E-state index contributed by atoms with van der Waals surface area (Å²) in [6.45, 7) is 7.09. The van der Waals surface area contributed by atoms with Crippen LogP contribution in [0.2, 0.25) is 0 Å². The Balaban J connectivity index is -0.000000427. The Labute approximate surface area is 142 Å². The van der Waals surface area contributed by atoms with Crippen molar-refractivity contribution in [1.29, 1.82) is 0 Å². The molecule has 0 rings (SSSR count). The first-order chi connectivity index (χ1) is 7.70. The first-order valence-electron chi connectivity index (χ1n) is 6.17. The molecule has 0 aliphatic rings. The molecule has 0 atom stereocenters. The number of rotatable bonds is 7. The normalized spacial score (nSPS) is 11.8. The molecule has 0 saturated heterocycles. The maximum absolute atomic E-state index is 11.4. The second-order valence-corrected chi connectivity index (χ2v) is 5.58. The van der Waals surface area contributed by atoms with Gasteiger partial charge in [0.1, 0.15) is 0 Å². The molecule has 0 aromatic heterocycles. The Morgan fingerprint density at radius 3 is 1.72 bits per heavy atom. The second kappa shape index (κ2) is 8.39. The third kappa shape index (κ3) is 4.71. The first kappa shape index (κ1) is 20.5. The molecule has 18 heavy (non-hydrogen) atoms. The van der Waals surface area contributed by atoms with E-state index < -0.39 is 22.8 Å². The van der Waals surface area contributed by atoms with Crippen LogP contribution in [0.15, 0.2) is 0 Å². The molecule has 5 heteroatoms. The molecule has 0 aliphatic carbocycles. The fourth-order valence-corrected chi connectivity index (χ4v) is 2.14. The van der Waals surface area contributed by atoms with Crippen LogP contribution in [-0.4, -0.2) is 59.9 Å². The number of unbranched alkanes of at least 4 members (excludes halogenated alkanes) is 3. The van der Waals surface area contributed by atoms with Crippen molar-refractivity contribution in [2.45, 2.75) is 59.8 Å². The van der Waals surface area contributed by atoms with E-state index in [9.17, 15) is 19.8 Å². The molecule has 0 spiro atoms. The van der Waals surface area contributed by atoms with Crippen molar-refractivity contribution in [3.63, 3.8) is 0 Å². The van der Waals surface area contributed by atoms with Crippen molar-refractivity contribution in [3.8, 4) is 0 Å². The van der Waals surface area contributed by atoms with Gasteiger partial charge >= 0.3 is 49.7 Å². The summed E-state index contributed by atoms with van der Waals surface area (Å²) in [5, 5.41) is 18.6. The molecular formula is C13H26CaO4. The van der Waals surface area contributed by atoms with E-state index in [1.54, 1.807) is 20.8 Å². The van der Waals surface area contributed by atoms with Crippen molar-refractivity contribution >= 4 is 49.7 Å². The molecule has 0 bridgehead atoms. The summed E-state index contributed by atoms with van der Waals surface area (Å²) >= 11 is 0. The minimum atomic E-state index is -1.68. The zero-order valence-corrected chi connectivity index (χ0v) is 14.2. The number of hydrogen-bond donors (Lipinski definition) is 2. The molecule has 104 valence electrons. The quantitative estimate of drug-likeness (QED) is 0.428. The van der Waals surface area contributed by atoms with Crippen LogP contribution in [0.3, 0.4) is 0 Å². The summed E-state index contributed by atoms with van der Waals surface area (Å²) in [4.78, 5) is 22.8. The first-order valence-corrected chi connectivity index (χ1v) is 6.17. The van der Waals surface area contributed by atoms with Crippen molar-refractivity contribution in [1.82, 2.24) is 0 Å². The zero-order chi connectivity index (χ0) is 13.7.